The van der Waals surface area contributed by atoms with Crippen molar-refractivity contribution in [3.05, 3.63) is 41.9 Å². The second kappa shape index (κ2) is 6.08. The van der Waals surface area contributed by atoms with Gasteiger partial charge in [0, 0.05) is 29.1 Å². The maximum Gasteiger partial charge on any atom is 0.232 e. The Morgan fingerprint density at radius 2 is 2.09 bits per heavy atom. The minimum Gasteiger partial charge on any atom is -0.480 e. The van der Waals surface area contributed by atoms with Crippen molar-refractivity contribution in [2.75, 3.05) is 7.11 Å². The fraction of sp³-hybridized carbons (Fsp3) is 0.235. The van der Waals surface area contributed by atoms with Crippen molar-refractivity contribution in [2.45, 2.75) is 20.4 Å². The normalized spacial score (nSPS) is 10.7. The molecule has 2 N–H and O–H groups in total. The lowest BCUT2D eigenvalue weighted by Crippen LogP contribution is -2.18. The molecule has 118 valence electrons. The Bertz CT molecular complexity index is 853. The lowest BCUT2D eigenvalue weighted by atomic mass is 10.0. The molecule has 0 saturated carbocycles. The summed E-state index contributed by atoms with van der Waals surface area (Å²) in [7, 11) is 1.57. The lowest BCUT2D eigenvalue weighted by molar-refractivity contribution is -0.119. The first-order valence-electron chi connectivity index (χ1n) is 7.30. The quantitative estimate of drug-likeness (QED) is 0.776. The van der Waals surface area contributed by atoms with E-state index < -0.39 is 0 Å². The van der Waals surface area contributed by atoms with Crippen molar-refractivity contribution in [3.8, 4) is 17.1 Å². The van der Waals surface area contributed by atoms with Crippen molar-refractivity contribution in [1.29, 1.82) is 0 Å². The average molecular weight is 310 g/mol. The highest BCUT2D eigenvalue weighted by molar-refractivity contribution is 5.87. The van der Waals surface area contributed by atoms with Crippen LogP contribution in [-0.2, 0) is 11.3 Å². The molecule has 23 heavy (non-hydrogen) atoms. The van der Waals surface area contributed by atoms with Crippen LogP contribution >= 0.6 is 0 Å². The molecule has 0 aliphatic heterocycles. The zero-order valence-electron chi connectivity index (χ0n) is 13.3. The number of aryl methyl sites for hydroxylation is 1. The predicted molar refractivity (Wildman–Crippen MR) is 88.1 cm³/mol. The van der Waals surface area contributed by atoms with Crippen LogP contribution in [-0.4, -0.2) is 28.0 Å². The molecule has 0 aliphatic carbocycles. The number of hydrogen-bond acceptors (Lipinski definition) is 4. The minimum absolute atomic E-state index is 0.0472. The van der Waals surface area contributed by atoms with E-state index in [1.54, 1.807) is 19.5 Å². The van der Waals surface area contributed by atoms with E-state index in [0.717, 1.165) is 33.4 Å². The van der Waals surface area contributed by atoms with Gasteiger partial charge in [0.15, 0.2) is 0 Å². The molecular weight excluding hydrogens is 292 g/mol. The van der Waals surface area contributed by atoms with Crippen LogP contribution in [0.15, 0.2) is 30.6 Å². The third-order valence-corrected chi connectivity index (χ3v) is 3.66. The molecule has 1 aromatic carbocycles. The largest absolute Gasteiger partial charge is 0.480 e. The van der Waals surface area contributed by atoms with E-state index in [0.29, 0.717) is 12.4 Å². The summed E-state index contributed by atoms with van der Waals surface area (Å²) in [5.41, 5.74) is 4.89. The first kappa shape index (κ1) is 15.0. The van der Waals surface area contributed by atoms with E-state index in [9.17, 15) is 4.79 Å². The summed E-state index contributed by atoms with van der Waals surface area (Å²) in [5, 5.41) is 3.89. The van der Waals surface area contributed by atoms with Gasteiger partial charge in [0.25, 0.3) is 0 Å². The van der Waals surface area contributed by atoms with Gasteiger partial charge in [-0.25, -0.2) is 9.97 Å². The van der Waals surface area contributed by atoms with Gasteiger partial charge in [0.05, 0.1) is 31.7 Å². The molecule has 6 nitrogen and oxygen atoms in total. The smallest absolute Gasteiger partial charge is 0.232 e. The second-order valence-corrected chi connectivity index (χ2v) is 5.40. The molecule has 0 unspecified atom stereocenters. The number of aromatic amines is 1. The highest BCUT2D eigenvalue weighted by Crippen LogP contribution is 2.27. The van der Waals surface area contributed by atoms with Crippen molar-refractivity contribution in [2.24, 2.45) is 0 Å². The summed E-state index contributed by atoms with van der Waals surface area (Å²) in [6.07, 6.45) is 3.31. The van der Waals surface area contributed by atoms with Gasteiger partial charge < -0.3 is 15.0 Å². The second-order valence-electron chi connectivity index (χ2n) is 5.40. The van der Waals surface area contributed by atoms with Crippen LogP contribution in [0.3, 0.4) is 0 Å². The number of amides is 1. The van der Waals surface area contributed by atoms with Crippen LogP contribution in [0.5, 0.6) is 5.88 Å². The van der Waals surface area contributed by atoms with Crippen molar-refractivity contribution < 1.29 is 9.53 Å². The Balaban J connectivity index is 1.97. The molecule has 1 amide bonds. The number of fused-ring (bicyclic) bond motifs is 1. The summed E-state index contributed by atoms with van der Waals surface area (Å²) in [4.78, 5) is 23.0. The van der Waals surface area contributed by atoms with E-state index in [1.807, 2.05) is 13.0 Å². The Hall–Kier alpha value is -2.89. The van der Waals surface area contributed by atoms with Crippen molar-refractivity contribution >= 4 is 16.8 Å². The number of nitrogens with zero attached hydrogens (tertiary/aromatic N) is 2. The summed E-state index contributed by atoms with van der Waals surface area (Å²) < 4.78 is 5.04. The van der Waals surface area contributed by atoms with E-state index in [1.165, 1.54) is 6.92 Å². The first-order valence-corrected chi connectivity index (χ1v) is 7.30. The Morgan fingerprint density at radius 1 is 1.26 bits per heavy atom. The van der Waals surface area contributed by atoms with E-state index in [4.69, 9.17) is 4.74 Å². The molecule has 3 rings (SSSR count). The Morgan fingerprint density at radius 3 is 2.74 bits per heavy atom. The zero-order valence-corrected chi connectivity index (χ0v) is 13.3. The highest BCUT2D eigenvalue weighted by Gasteiger charge is 2.09. The Kier molecular flexibility index (Phi) is 3.97. The summed E-state index contributed by atoms with van der Waals surface area (Å²) in [6.45, 7) is 4.04. The van der Waals surface area contributed by atoms with Crippen molar-refractivity contribution in [1.82, 2.24) is 20.3 Å². The number of rotatable bonds is 4. The van der Waals surface area contributed by atoms with E-state index in [2.05, 4.69) is 32.4 Å². The minimum atomic E-state index is -0.0472. The highest BCUT2D eigenvalue weighted by atomic mass is 16.5. The van der Waals surface area contributed by atoms with Gasteiger partial charge >= 0.3 is 0 Å². The number of nitrogens with one attached hydrogen (secondary N) is 2. The van der Waals surface area contributed by atoms with Crippen LogP contribution in [0.1, 0.15) is 18.2 Å². The van der Waals surface area contributed by atoms with Crippen LogP contribution < -0.4 is 10.1 Å². The number of carbonyl (C=O) groups is 1. The Labute approximate surface area is 133 Å². The average Bonchev–Trinajstić information content (AvgIpc) is 2.94. The third kappa shape index (κ3) is 3.15. The number of carbonyl (C=O) groups excluding carboxylic acids is 1. The molecule has 0 radical (unpaired) electrons. The fourth-order valence-corrected chi connectivity index (χ4v) is 2.51. The molecule has 0 fully saturated rings. The standard InChI is InChI=1S/C17H18N4O2/c1-10-4-12-5-13(7-18-11(2)22)21-15(12)6-14(10)16-8-20-17(23-3)9-19-16/h4-6,8-9,21H,7H2,1-3H3,(H,18,22). The number of ether oxygens (including phenoxy) is 1. The van der Waals surface area contributed by atoms with E-state index in [-0.39, 0.29) is 5.91 Å². The van der Waals surface area contributed by atoms with Crippen LogP contribution in [0.25, 0.3) is 22.2 Å². The maximum absolute atomic E-state index is 11.0. The molecule has 6 heteroatoms. The molecule has 3 aromatic rings. The monoisotopic (exact) mass is 310 g/mol. The van der Waals surface area contributed by atoms with Gasteiger partial charge in [-0.1, -0.05) is 0 Å². The third-order valence-electron chi connectivity index (χ3n) is 3.66. The van der Waals surface area contributed by atoms with Gasteiger partial charge in [-0.15, -0.1) is 0 Å². The lowest BCUT2D eigenvalue weighted by Gasteiger charge is -2.06. The molecular formula is C17H18N4O2. The number of aromatic nitrogens is 3. The van der Waals surface area contributed by atoms with Crippen molar-refractivity contribution in [3.63, 3.8) is 0 Å². The SMILES string of the molecule is COc1cnc(-c2cc3[nH]c(CNC(C)=O)cc3cc2C)cn1. The van der Waals surface area contributed by atoms with E-state index >= 15 is 0 Å². The maximum atomic E-state index is 11.0. The molecule has 0 saturated heterocycles. The molecule has 0 atom stereocenters. The summed E-state index contributed by atoms with van der Waals surface area (Å²) >= 11 is 0. The van der Waals surface area contributed by atoms with Gasteiger partial charge in [-0.05, 0) is 30.7 Å². The molecule has 2 aromatic heterocycles. The summed E-state index contributed by atoms with van der Waals surface area (Å²) in [6, 6.07) is 6.20. The van der Waals surface area contributed by atoms with Crippen LogP contribution in [0.4, 0.5) is 0 Å². The van der Waals surface area contributed by atoms with Gasteiger partial charge in [0.1, 0.15) is 0 Å². The topological polar surface area (TPSA) is 79.9 Å². The summed E-state index contributed by atoms with van der Waals surface area (Å²) in [5.74, 6) is 0.444. The molecule has 0 aliphatic rings. The number of methoxy groups -OCH3 is 1. The fourth-order valence-electron chi connectivity index (χ4n) is 2.51. The van der Waals surface area contributed by atoms with Crippen LogP contribution in [0.2, 0.25) is 0 Å². The first-order chi connectivity index (χ1) is 11.1. The van der Waals surface area contributed by atoms with Gasteiger partial charge in [-0.2, -0.15) is 0 Å². The van der Waals surface area contributed by atoms with Gasteiger partial charge in [0.2, 0.25) is 11.8 Å². The van der Waals surface area contributed by atoms with Crippen LogP contribution in [0, 0.1) is 6.92 Å². The predicted octanol–water partition coefficient (Wildman–Crippen LogP) is 2.58. The zero-order chi connectivity index (χ0) is 16.4. The van der Waals surface area contributed by atoms with Gasteiger partial charge in [-0.3, -0.25) is 4.79 Å². The number of H-pyrrole nitrogens is 1. The number of benzene rings is 1. The molecule has 0 spiro atoms. The number of hydrogen-bond donors (Lipinski definition) is 2. The molecule has 0 bridgehead atoms. The molecule has 2 heterocycles.